The monoisotopic (exact) mass is 378 g/mol. The molecule has 124 valence electrons. The molecular weight excluding hydrogens is 352 g/mol. The standard InChI is InChI=1S/C19H25BrN2O/c20-18-3-4-19(23)17(11-18)13-22-7-5-21(6-8-22)12-16-10-14-1-2-15(16)9-14/h1-4,11,14-16,23H,5-10,12-13H2/p+2/t14-,15+,16+/m1/s1. The zero-order valence-electron chi connectivity index (χ0n) is 13.6. The third-order valence-corrected chi connectivity index (χ3v) is 6.61. The van der Waals surface area contributed by atoms with Crippen molar-refractivity contribution in [3.8, 4) is 5.75 Å². The van der Waals surface area contributed by atoms with Gasteiger partial charge in [0.15, 0.2) is 0 Å². The van der Waals surface area contributed by atoms with Gasteiger partial charge < -0.3 is 14.9 Å². The van der Waals surface area contributed by atoms with Crippen LogP contribution in [0.15, 0.2) is 34.8 Å². The van der Waals surface area contributed by atoms with E-state index in [9.17, 15) is 5.11 Å². The minimum absolute atomic E-state index is 0.434. The van der Waals surface area contributed by atoms with Crippen LogP contribution >= 0.6 is 15.9 Å². The summed E-state index contributed by atoms with van der Waals surface area (Å²) in [4.78, 5) is 3.41. The molecule has 3 N–H and O–H groups in total. The Morgan fingerprint density at radius 2 is 1.83 bits per heavy atom. The highest BCUT2D eigenvalue weighted by Crippen LogP contribution is 2.42. The molecule has 0 amide bonds. The Bertz CT molecular complexity index is 595. The molecule has 4 heteroatoms. The molecule has 1 aromatic rings. The van der Waals surface area contributed by atoms with E-state index in [1.54, 1.807) is 15.9 Å². The van der Waals surface area contributed by atoms with E-state index in [0.29, 0.717) is 5.75 Å². The molecule has 0 unspecified atom stereocenters. The van der Waals surface area contributed by atoms with E-state index in [2.05, 4.69) is 34.1 Å². The molecule has 2 aliphatic carbocycles. The van der Waals surface area contributed by atoms with Crippen molar-refractivity contribution in [1.29, 1.82) is 0 Å². The lowest BCUT2D eigenvalue weighted by atomic mass is 9.93. The number of phenols is 1. The summed E-state index contributed by atoms with van der Waals surface area (Å²) in [6.07, 6.45) is 7.80. The van der Waals surface area contributed by atoms with E-state index >= 15 is 0 Å². The van der Waals surface area contributed by atoms with Gasteiger partial charge in [0.25, 0.3) is 0 Å². The normalized spacial score (nSPS) is 35.8. The fraction of sp³-hybridized carbons (Fsp3) is 0.579. The van der Waals surface area contributed by atoms with Gasteiger partial charge in [0.05, 0.1) is 6.54 Å². The number of allylic oxidation sites excluding steroid dienone is 2. The van der Waals surface area contributed by atoms with Gasteiger partial charge in [0.2, 0.25) is 0 Å². The number of rotatable bonds is 4. The van der Waals surface area contributed by atoms with Gasteiger partial charge in [-0.1, -0.05) is 28.1 Å². The molecule has 1 heterocycles. The Labute approximate surface area is 147 Å². The van der Waals surface area contributed by atoms with Crippen LogP contribution in [-0.2, 0) is 6.54 Å². The molecule has 1 saturated heterocycles. The SMILES string of the molecule is Oc1ccc(Br)cc1C[NH+]1CC[NH+](C[C@@H]2C[C@@H]3C=C[C@H]2C3)CC1. The molecule has 3 nitrogen and oxygen atoms in total. The lowest BCUT2D eigenvalue weighted by Crippen LogP contribution is -3.27. The summed E-state index contributed by atoms with van der Waals surface area (Å²) in [5, 5.41) is 10.0. The molecule has 0 aromatic heterocycles. The van der Waals surface area contributed by atoms with Gasteiger partial charge in [-0.25, -0.2) is 0 Å². The van der Waals surface area contributed by atoms with Crippen LogP contribution in [0.3, 0.4) is 0 Å². The molecule has 1 aromatic carbocycles. The van der Waals surface area contributed by atoms with Crippen molar-refractivity contribution in [2.45, 2.75) is 19.4 Å². The van der Waals surface area contributed by atoms with Gasteiger partial charge in [-0.2, -0.15) is 0 Å². The molecule has 0 radical (unpaired) electrons. The largest absolute Gasteiger partial charge is 0.507 e. The number of benzene rings is 1. The van der Waals surface area contributed by atoms with E-state index in [0.717, 1.165) is 34.3 Å². The molecule has 3 aliphatic rings. The number of aromatic hydroxyl groups is 1. The number of quaternary nitrogens is 2. The van der Waals surface area contributed by atoms with Gasteiger partial charge >= 0.3 is 0 Å². The van der Waals surface area contributed by atoms with Crippen LogP contribution in [-0.4, -0.2) is 37.8 Å². The van der Waals surface area contributed by atoms with Crippen LogP contribution in [0.5, 0.6) is 5.75 Å². The second kappa shape index (κ2) is 6.58. The third-order valence-electron chi connectivity index (χ3n) is 6.11. The number of hydrogen-bond acceptors (Lipinski definition) is 1. The Hall–Kier alpha value is -0.840. The van der Waals surface area contributed by atoms with E-state index < -0.39 is 0 Å². The number of piperazine rings is 1. The first-order chi connectivity index (χ1) is 11.2. The van der Waals surface area contributed by atoms with Crippen molar-refractivity contribution < 1.29 is 14.9 Å². The smallest absolute Gasteiger partial charge is 0.127 e. The average molecular weight is 379 g/mol. The molecule has 0 spiro atoms. The second-order valence-corrected chi connectivity index (χ2v) is 8.61. The second-order valence-electron chi connectivity index (χ2n) is 7.69. The first-order valence-corrected chi connectivity index (χ1v) is 9.79. The van der Waals surface area contributed by atoms with Gasteiger partial charge in [0, 0.05) is 16.0 Å². The van der Waals surface area contributed by atoms with Gasteiger partial charge in [0.1, 0.15) is 38.5 Å². The molecular formula is C19H27BrN2O+2. The first kappa shape index (κ1) is 15.7. The Morgan fingerprint density at radius 1 is 1.04 bits per heavy atom. The summed E-state index contributed by atoms with van der Waals surface area (Å²) in [6, 6.07) is 5.76. The number of hydrogen-bond donors (Lipinski definition) is 3. The maximum atomic E-state index is 10.0. The van der Waals surface area contributed by atoms with Crippen LogP contribution in [0.25, 0.3) is 0 Å². The molecule has 2 fully saturated rings. The summed E-state index contributed by atoms with van der Waals surface area (Å²) < 4.78 is 1.05. The number of fused-ring (bicyclic) bond motifs is 2. The van der Waals surface area contributed by atoms with E-state index in [1.165, 1.54) is 45.6 Å². The molecule has 23 heavy (non-hydrogen) atoms. The quantitative estimate of drug-likeness (QED) is 0.659. The average Bonchev–Trinajstić information content (AvgIpc) is 3.16. The fourth-order valence-corrected chi connectivity index (χ4v) is 5.21. The van der Waals surface area contributed by atoms with Crippen LogP contribution in [0, 0.1) is 17.8 Å². The Kier molecular flexibility index (Phi) is 4.48. The maximum Gasteiger partial charge on any atom is 0.127 e. The van der Waals surface area contributed by atoms with Gasteiger partial charge in [-0.15, -0.1) is 0 Å². The third kappa shape index (κ3) is 3.49. The fourth-order valence-electron chi connectivity index (χ4n) is 4.80. The summed E-state index contributed by atoms with van der Waals surface area (Å²) in [7, 11) is 0. The predicted octanol–water partition coefficient (Wildman–Crippen LogP) is 0.650. The highest BCUT2D eigenvalue weighted by Gasteiger charge is 2.38. The lowest BCUT2D eigenvalue weighted by molar-refractivity contribution is -1.02. The van der Waals surface area contributed by atoms with Crippen molar-refractivity contribution >= 4 is 15.9 Å². The van der Waals surface area contributed by atoms with Gasteiger partial charge in [-0.3, -0.25) is 0 Å². The van der Waals surface area contributed by atoms with Crippen molar-refractivity contribution in [1.82, 2.24) is 0 Å². The molecule has 1 saturated carbocycles. The topological polar surface area (TPSA) is 29.1 Å². The van der Waals surface area contributed by atoms with E-state index in [-0.39, 0.29) is 0 Å². The van der Waals surface area contributed by atoms with Crippen molar-refractivity contribution in [3.05, 3.63) is 40.4 Å². The zero-order valence-corrected chi connectivity index (χ0v) is 15.2. The van der Waals surface area contributed by atoms with Crippen LogP contribution in [0.2, 0.25) is 0 Å². The van der Waals surface area contributed by atoms with Crippen molar-refractivity contribution in [2.75, 3.05) is 32.7 Å². The Morgan fingerprint density at radius 3 is 2.52 bits per heavy atom. The highest BCUT2D eigenvalue weighted by atomic mass is 79.9. The summed E-state index contributed by atoms with van der Waals surface area (Å²) >= 11 is 3.51. The predicted molar refractivity (Wildman–Crippen MR) is 94.6 cm³/mol. The van der Waals surface area contributed by atoms with Crippen LogP contribution in [0.4, 0.5) is 0 Å². The summed E-state index contributed by atoms with van der Waals surface area (Å²) in [5.74, 6) is 3.16. The number of nitrogens with one attached hydrogen (secondary N) is 2. The minimum atomic E-state index is 0.434. The van der Waals surface area contributed by atoms with Gasteiger partial charge in [-0.05, 0) is 42.9 Å². The molecule has 2 bridgehead atoms. The number of halogens is 1. The van der Waals surface area contributed by atoms with E-state index in [4.69, 9.17) is 0 Å². The summed E-state index contributed by atoms with van der Waals surface area (Å²) in [5.41, 5.74) is 1.07. The van der Waals surface area contributed by atoms with Crippen LogP contribution < -0.4 is 9.80 Å². The lowest BCUT2D eigenvalue weighted by Gasteiger charge is -2.32. The molecule has 4 rings (SSSR count). The first-order valence-electron chi connectivity index (χ1n) is 9.00. The number of phenolic OH excluding ortho intramolecular Hbond substituents is 1. The highest BCUT2D eigenvalue weighted by molar-refractivity contribution is 9.10. The Balaban J connectivity index is 1.27. The van der Waals surface area contributed by atoms with E-state index in [1.807, 2.05) is 6.07 Å². The zero-order chi connectivity index (χ0) is 15.8. The maximum absolute atomic E-state index is 10.0. The minimum Gasteiger partial charge on any atom is -0.507 e. The molecule has 1 aliphatic heterocycles. The van der Waals surface area contributed by atoms with Crippen molar-refractivity contribution in [2.24, 2.45) is 17.8 Å². The van der Waals surface area contributed by atoms with Crippen LogP contribution in [0.1, 0.15) is 18.4 Å². The summed E-state index contributed by atoms with van der Waals surface area (Å²) in [6.45, 7) is 7.32. The van der Waals surface area contributed by atoms with Crippen molar-refractivity contribution in [3.63, 3.8) is 0 Å². The molecule has 3 atom stereocenters.